The van der Waals surface area contributed by atoms with Crippen molar-refractivity contribution in [2.45, 2.75) is 32.5 Å². The average molecular weight is 498 g/mol. The molecule has 3 aromatic heterocycles. The molecule has 1 fully saturated rings. The smallest absolute Gasteiger partial charge is 0.433 e. The Labute approximate surface area is 206 Å². The van der Waals surface area contributed by atoms with Gasteiger partial charge < -0.3 is 9.32 Å². The molecule has 10 heteroatoms. The van der Waals surface area contributed by atoms with E-state index < -0.39 is 11.9 Å². The number of halogens is 3. The van der Waals surface area contributed by atoms with E-state index in [9.17, 15) is 18.0 Å². The van der Waals surface area contributed by atoms with Crippen molar-refractivity contribution in [2.75, 3.05) is 26.2 Å². The Morgan fingerprint density at radius 2 is 1.81 bits per heavy atom. The number of aromatic nitrogens is 3. The van der Waals surface area contributed by atoms with Gasteiger partial charge in [-0.05, 0) is 29.7 Å². The van der Waals surface area contributed by atoms with Gasteiger partial charge in [0.2, 0.25) is 0 Å². The first-order chi connectivity index (χ1) is 17.2. The molecule has 5 rings (SSSR count). The number of fused-ring (bicyclic) bond motifs is 1. The van der Waals surface area contributed by atoms with Crippen molar-refractivity contribution >= 4 is 11.6 Å². The van der Waals surface area contributed by atoms with Crippen LogP contribution in [0.3, 0.4) is 0 Å². The molecule has 0 unspecified atom stereocenters. The second kappa shape index (κ2) is 9.42. The minimum atomic E-state index is -4.67. The molecule has 0 radical (unpaired) electrons. The molecule has 1 aliphatic rings. The Morgan fingerprint density at radius 3 is 2.42 bits per heavy atom. The fourth-order valence-electron chi connectivity index (χ4n) is 4.40. The van der Waals surface area contributed by atoms with Crippen LogP contribution in [0.2, 0.25) is 0 Å². The fraction of sp³-hybridized carbons (Fsp3) is 0.346. The van der Waals surface area contributed by atoms with Gasteiger partial charge in [-0.25, -0.2) is 9.50 Å². The second-order valence-corrected chi connectivity index (χ2v) is 9.24. The summed E-state index contributed by atoms with van der Waals surface area (Å²) in [6.07, 6.45) is -1.87. The Morgan fingerprint density at radius 1 is 1.08 bits per heavy atom. The van der Waals surface area contributed by atoms with Gasteiger partial charge in [0.1, 0.15) is 11.3 Å². The highest BCUT2D eigenvalue weighted by Gasteiger charge is 2.36. The topological polar surface area (TPSA) is 66.9 Å². The van der Waals surface area contributed by atoms with Crippen molar-refractivity contribution in [1.29, 1.82) is 0 Å². The maximum absolute atomic E-state index is 13.9. The third-order valence-electron chi connectivity index (χ3n) is 6.48. The maximum atomic E-state index is 13.9. The molecule has 7 nitrogen and oxygen atoms in total. The number of piperazine rings is 1. The molecule has 1 aliphatic heterocycles. The van der Waals surface area contributed by atoms with Gasteiger partial charge in [-0.2, -0.15) is 18.3 Å². The fourth-order valence-corrected chi connectivity index (χ4v) is 4.40. The zero-order chi connectivity index (χ0) is 25.4. The molecule has 4 aromatic rings. The summed E-state index contributed by atoms with van der Waals surface area (Å²) in [5, 5.41) is 3.90. The molecule has 0 aliphatic carbocycles. The summed E-state index contributed by atoms with van der Waals surface area (Å²) in [6, 6.07) is 12.0. The van der Waals surface area contributed by atoms with Crippen LogP contribution >= 0.6 is 0 Å². The van der Waals surface area contributed by atoms with E-state index in [2.05, 4.69) is 15.0 Å². The molecule has 188 valence electrons. The summed E-state index contributed by atoms with van der Waals surface area (Å²) in [6.45, 7) is 6.87. The number of rotatable bonds is 5. The number of benzene rings is 1. The Bertz CT molecular complexity index is 1350. The van der Waals surface area contributed by atoms with E-state index in [1.165, 1.54) is 6.20 Å². The summed E-state index contributed by atoms with van der Waals surface area (Å²) in [7, 11) is 0. The lowest BCUT2D eigenvalue weighted by molar-refractivity contribution is -0.142. The Balaban J connectivity index is 1.44. The highest BCUT2D eigenvalue weighted by atomic mass is 19.4. The lowest BCUT2D eigenvalue weighted by Crippen LogP contribution is -2.48. The normalized spacial score (nSPS) is 15.2. The molecule has 1 amide bonds. The molecule has 36 heavy (non-hydrogen) atoms. The number of nitrogens with zero attached hydrogens (tertiary/aromatic N) is 5. The van der Waals surface area contributed by atoms with Crippen LogP contribution in [0.15, 0.2) is 59.3 Å². The summed E-state index contributed by atoms with van der Waals surface area (Å²) in [4.78, 5) is 21.6. The Kier molecular flexibility index (Phi) is 6.29. The van der Waals surface area contributed by atoms with Crippen molar-refractivity contribution in [2.24, 2.45) is 0 Å². The van der Waals surface area contributed by atoms with Gasteiger partial charge in [-0.3, -0.25) is 9.69 Å². The van der Waals surface area contributed by atoms with E-state index in [0.717, 1.165) is 17.4 Å². The predicted octanol–water partition coefficient (Wildman–Crippen LogP) is 5.09. The molecular weight excluding hydrogens is 471 g/mol. The lowest BCUT2D eigenvalue weighted by Gasteiger charge is -2.34. The number of hydrogen-bond donors (Lipinski definition) is 0. The summed E-state index contributed by atoms with van der Waals surface area (Å²) < 4.78 is 48.0. The monoisotopic (exact) mass is 497 g/mol. The molecular formula is C26H26F3N5O2. The number of furan rings is 1. The number of alkyl halides is 3. The van der Waals surface area contributed by atoms with Gasteiger partial charge in [0.15, 0.2) is 11.3 Å². The number of carbonyl (C=O) groups is 1. The zero-order valence-corrected chi connectivity index (χ0v) is 20.0. The zero-order valence-electron chi connectivity index (χ0n) is 20.0. The van der Waals surface area contributed by atoms with Gasteiger partial charge >= 0.3 is 6.18 Å². The average Bonchev–Trinajstić information content (AvgIpc) is 3.53. The first-order valence-electron chi connectivity index (χ1n) is 11.8. The van der Waals surface area contributed by atoms with Gasteiger partial charge in [0.05, 0.1) is 24.7 Å². The standard InChI is InChI=1S/C26H26F3N5O2/c1-17(2)18-5-7-19(8-6-18)22-14-23(26(27,28)29)34-24(31-22)21(15-30-34)25(35)33-11-9-32(10-12-33)16-20-4-3-13-36-20/h3-8,13-15,17H,9-12,16H2,1-2H3. The van der Waals surface area contributed by atoms with E-state index in [1.807, 2.05) is 38.1 Å². The van der Waals surface area contributed by atoms with Crippen molar-refractivity contribution < 1.29 is 22.4 Å². The summed E-state index contributed by atoms with van der Waals surface area (Å²) >= 11 is 0. The van der Waals surface area contributed by atoms with E-state index in [0.29, 0.717) is 48.7 Å². The largest absolute Gasteiger partial charge is 0.468 e. The molecule has 1 saturated heterocycles. The van der Waals surface area contributed by atoms with Crippen LogP contribution in [0.1, 0.15) is 47.1 Å². The maximum Gasteiger partial charge on any atom is 0.433 e. The van der Waals surface area contributed by atoms with Gasteiger partial charge in [0, 0.05) is 31.7 Å². The number of hydrogen-bond acceptors (Lipinski definition) is 5. The van der Waals surface area contributed by atoms with Crippen LogP contribution in [0.5, 0.6) is 0 Å². The highest BCUT2D eigenvalue weighted by molar-refractivity contribution is 6.00. The van der Waals surface area contributed by atoms with Crippen LogP contribution in [0, 0.1) is 0 Å². The predicted molar refractivity (Wildman–Crippen MR) is 127 cm³/mol. The van der Waals surface area contributed by atoms with Crippen LogP contribution < -0.4 is 0 Å². The summed E-state index contributed by atoms with van der Waals surface area (Å²) in [5.41, 5.74) is 0.734. The van der Waals surface area contributed by atoms with E-state index in [1.54, 1.807) is 23.3 Å². The third kappa shape index (κ3) is 4.73. The lowest BCUT2D eigenvalue weighted by atomic mass is 10.0. The first-order valence-corrected chi connectivity index (χ1v) is 11.8. The number of amides is 1. The van der Waals surface area contributed by atoms with Crippen LogP contribution in [-0.2, 0) is 12.7 Å². The SMILES string of the molecule is CC(C)c1ccc(-c2cc(C(F)(F)F)n3ncc(C(=O)N4CCN(Cc5ccco5)CC4)c3n2)cc1. The van der Waals surface area contributed by atoms with Gasteiger partial charge in [-0.15, -0.1) is 0 Å². The van der Waals surface area contributed by atoms with E-state index in [4.69, 9.17) is 4.42 Å². The third-order valence-corrected chi connectivity index (χ3v) is 6.48. The molecule has 1 aromatic carbocycles. The summed E-state index contributed by atoms with van der Waals surface area (Å²) in [5.74, 6) is 0.754. The minimum absolute atomic E-state index is 0.0561. The first kappa shape index (κ1) is 24.1. The van der Waals surface area contributed by atoms with Crippen molar-refractivity contribution in [3.63, 3.8) is 0 Å². The van der Waals surface area contributed by atoms with Crippen molar-refractivity contribution in [3.8, 4) is 11.3 Å². The van der Waals surface area contributed by atoms with Gasteiger partial charge in [-0.1, -0.05) is 38.1 Å². The van der Waals surface area contributed by atoms with E-state index >= 15 is 0 Å². The molecule has 0 atom stereocenters. The van der Waals surface area contributed by atoms with E-state index in [-0.39, 0.29) is 22.8 Å². The molecule has 0 N–H and O–H groups in total. The van der Waals surface area contributed by atoms with Crippen LogP contribution in [0.4, 0.5) is 13.2 Å². The van der Waals surface area contributed by atoms with Gasteiger partial charge in [0.25, 0.3) is 5.91 Å². The highest BCUT2D eigenvalue weighted by Crippen LogP contribution is 2.33. The minimum Gasteiger partial charge on any atom is -0.468 e. The quantitative estimate of drug-likeness (QED) is 0.384. The van der Waals surface area contributed by atoms with Crippen LogP contribution in [0.25, 0.3) is 16.9 Å². The molecule has 0 saturated carbocycles. The van der Waals surface area contributed by atoms with Crippen molar-refractivity contribution in [1.82, 2.24) is 24.4 Å². The molecule has 0 bridgehead atoms. The number of carbonyl (C=O) groups excluding carboxylic acids is 1. The Hall–Kier alpha value is -3.66. The molecule has 0 spiro atoms. The second-order valence-electron chi connectivity index (χ2n) is 9.24. The van der Waals surface area contributed by atoms with Crippen LogP contribution in [-0.4, -0.2) is 56.5 Å². The van der Waals surface area contributed by atoms with Crippen molar-refractivity contribution in [3.05, 3.63) is 77.5 Å². The molecule has 4 heterocycles.